The fourth-order valence-electron chi connectivity index (χ4n) is 3.77. The average Bonchev–Trinajstić information content (AvgIpc) is 3.16. The summed E-state index contributed by atoms with van der Waals surface area (Å²) in [4.78, 5) is 26.3. The van der Waals surface area contributed by atoms with Gasteiger partial charge in [0.15, 0.2) is 0 Å². The van der Waals surface area contributed by atoms with Crippen LogP contribution in [0.3, 0.4) is 0 Å². The van der Waals surface area contributed by atoms with Crippen LogP contribution in [0.1, 0.15) is 18.7 Å². The van der Waals surface area contributed by atoms with Crippen molar-refractivity contribution in [1.82, 2.24) is 15.0 Å². The molecule has 0 spiro atoms. The Hall–Kier alpha value is -2.52. The van der Waals surface area contributed by atoms with Crippen molar-refractivity contribution in [3.63, 3.8) is 0 Å². The molecule has 9 heteroatoms. The van der Waals surface area contributed by atoms with Gasteiger partial charge in [-0.3, -0.25) is 0 Å². The molecule has 0 saturated carbocycles. The average molecular weight is 464 g/mol. The maximum atomic E-state index is 9.55. The lowest BCUT2D eigenvalue weighted by atomic mass is 9.77. The van der Waals surface area contributed by atoms with Crippen LogP contribution in [0.4, 0.5) is 0 Å². The Morgan fingerprint density at radius 2 is 1.90 bits per heavy atom. The monoisotopic (exact) mass is 463 g/mol. The van der Waals surface area contributed by atoms with Gasteiger partial charge in [-0.25, -0.2) is 9.59 Å². The Kier molecular flexibility index (Phi) is 7.16. The van der Waals surface area contributed by atoms with Crippen LogP contribution in [-0.2, 0) is 16.0 Å². The molecule has 2 bridgehead atoms. The van der Waals surface area contributed by atoms with Crippen LogP contribution in [0.2, 0.25) is 0 Å². The highest BCUT2D eigenvalue weighted by molar-refractivity contribution is 9.10. The number of hydrogen-bond donors (Lipinski definition) is 2. The first-order chi connectivity index (χ1) is 13.9. The quantitative estimate of drug-likeness (QED) is 0.649. The minimum atomic E-state index is -1.26. The topological polar surface area (TPSA) is 117 Å². The van der Waals surface area contributed by atoms with Gasteiger partial charge in [0.25, 0.3) is 0 Å². The molecule has 8 nitrogen and oxygen atoms in total. The Balaban J connectivity index is 0.000000258. The highest BCUT2D eigenvalue weighted by Gasteiger charge is 2.35. The molecular weight excluding hydrogens is 442 g/mol. The summed E-state index contributed by atoms with van der Waals surface area (Å²) in [5.41, 5.74) is 0.994. The summed E-state index contributed by atoms with van der Waals surface area (Å²) in [6.45, 7) is 3.74. The molecule has 1 unspecified atom stereocenters. The summed E-state index contributed by atoms with van der Waals surface area (Å²) in [5.74, 6) is 0.482. The summed E-state index contributed by atoms with van der Waals surface area (Å²) < 4.78 is 6.51. The summed E-state index contributed by atoms with van der Waals surface area (Å²) >= 11 is 3.48. The van der Waals surface area contributed by atoms with Crippen LogP contribution in [0.5, 0.6) is 0 Å². The summed E-state index contributed by atoms with van der Waals surface area (Å²) in [7, 11) is 0. The van der Waals surface area contributed by atoms with Gasteiger partial charge in [-0.1, -0.05) is 33.2 Å². The third-order valence-electron chi connectivity index (χ3n) is 5.15. The first-order valence-corrected chi connectivity index (χ1v) is 10.1. The maximum absolute atomic E-state index is 9.55. The van der Waals surface area contributed by atoms with E-state index in [1.165, 1.54) is 32.5 Å². The molecule has 154 valence electrons. The zero-order chi connectivity index (χ0) is 20.8. The van der Waals surface area contributed by atoms with Crippen LogP contribution in [0, 0.1) is 11.8 Å². The molecule has 2 aromatic rings. The molecule has 5 rings (SSSR count). The van der Waals surface area contributed by atoms with Crippen LogP contribution >= 0.6 is 15.9 Å². The van der Waals surface area contributed by atoms with E-state index in [2.05, 4.69) is 31.0 Å². The van der Waals surface area contributed by atoms with Gasteiger partial charge in [0.05, 0.1) is 0 Å². The number of carboxylic acids is 2. The number of rotatable bonds is 5. The molecule has 0 amide bonds. The van der Waals surface area contributed by atoms with Gasteiger partial charge in [-0.05, 0) is 49.9 Å². The normalized spacial score (nSPS) is 22.9. The molecule has 1 aromatic carbocycles. The first kappa shape index (κ1) is 21.2. The molecule has 4 heterocycles. The fraction of sp³-hybridized carbons (Fsp3) is 0.400. The number of halogens is 1. The van der Waals surface area contributed by atoms with Crippen LogP contribution in [-0.4, -0.2) is 56.8 Å². The van der Waals surface area contributed by atoms with E-state index in [0.29, 0.717) is 23.9 Å². The largest absolute Gasteiger partial charge is 0.478 e. The van der Waals surface area contributed by atoms with Crippen LogP contribution in [0.15, 0.2) is 45.4 Å². The zero-order valence-electron chi connectivity index (χ0n) is 15.7. The van der Waals surface area contributed by atoms with E-state index in [1.807, 2.05) is 24.3 Å². The second kappa shape index (κ2) is 9.80. The van der Waals surface area contributed by atoms with E-state index in [1.54, 1.807) is 0 Å². The van der Waals surface area contributed by atoms with E-state index in [0.717, 1.165) is 28.3 Å². The lowest BCUT2D eigenvalue weighted by molar-refractivity contribution is -0.134. The molecule has 0 radical (unpaired) electrons. The van der Waals surface area contributed by atoms with Crippen LogP contribution < -0.4 is 0 Å². The second-order valence-corrected chi connectivity index (χ2v) is 8.05. The van der Waals surface area contributed by atoms with Crippen molar-refractivity contribution in [2.75, 3.05) is 19.6 Å². The first-order valence-electron chi connectivity index (χ1n) is 9.35. The van der Waals surface area contributed by atoms with E-state index >= 15 is 0 Å². The third-order valence-corrected chi connectivity index (χ3v) is 5.64. The van der Waals surface area contributed by atoms with E-state index in [4.69, 9.17) is 14.7 Å². The predicted molar refractivity (Wildman–Crippen MR) is 108 cm³/mol. The summed E-state index contributed by atoms with van der Waals surface area (Å²) in [6, 6.07) is 8.01. The van der Waals surface area contributed by atoms with Gasteiger partial charge in [-0.15, -0.1) is 0 Å². The zero-order valence-corrected chi connectivity index (χ0v) is 17.3. The van der Waals surface area contributed by atoms with Gasteiger partial charge in [-0.2, -0.15) is 4.98 Å². The minimum Gasteiger partial charge on any atom is -0.478 e. The predicted octanol–water partition coefficient (Wildman–Crippen LogP) is 3.10. The number of carbonyl (C=O) groups is 2. The van der Waals surface area contributed by atoms with Gasteiger partial charge >= 0.3 is 11.9 Å². The van der Waals surface area contributed by atoms with Crippen molar-refractivity contribution in [3.8, 4) is 11.4 Å². The third kappa shape index (κ3) is 6.23. The number of piperidine rings is 3. The van der Waals surface area contributed by atoms with Crippen molar-refractivity contribution in [3.05, 3.63) is 46.8 Å². The summed E-state index contributed by atoms with van der Waals surface area (Å²) in [5, 5.41) is 19.8. The fourth-order valence-corrected chi connectivity index (χ4v) is 4.17. The van der Waals surface area contributed by atoms with Gasteiger partial charge in [0.2, 0.25) is 11.7 Å². The van der Waals surface area contributed by atoms with Gasteiger partial charge in [0, 0.05) is 35.2 Å². The van der Waals surface area contributed by atoms with Crippen molar-refractivity contribution in [1.29, 1.82) is 0 Å². The van der Waals surface area contributed by atoms with Gasteiger partial charge < -0.3 is 19.6 Å². The SMILES string of the molecule is Brc1cccc(-c2noc(CC3CN4CCC3CC4)n2)c1.O=C(O)/C=C/C(=O)O. The molecule has 0 aliphatic carbocycles. The molecular formula is C20H22BrN3O5. The maximum Gasteiger partial charge on any atom is 0.328 e. The van der Waals surface area contributed by atoms with Crippen molar-refractivity contribution in [2.24, 2.45) is 11.8 Å². The Bertz CT molecular complexity index is 874. The van der Waals surface area contributed by atoms with E-state index in [-0.39, 0.29) is 0 Å². The Morgan fingerprint density at radius 3 is 2.45 bits per heavy atom. The molecule has 3 saturated heterocycles. The molecule has 2 N–H and O–H groups in total. The lowest BCUT2D eigenvalue weighted by Crippen LogP contribution is -2.48. The number of nitrogens with zero attached hydrogens (tertiary/aromatic N) is 3. The smallest absolute Gasteiger partial charge is 0.328 e. The van der Waals surface area contributed by atoms with Crippen molar-refractivity contribution < 1.29 is 24.3 Å². The number of aliphatic carboxylic acids is 2. The highest BCUT2D eigenvalue weighted by Crippen LogP contribution is 2.34. The van der Waals surface area contributed by atoms with Crippen LogP contribution in [0.25, 0.3) is 11.4 Å². The van der Waals surface area contributed by atoms with Gasteiger partial charge in [0.1, 0.15) is 0 Å². The highest BCUT2D eigenvalue weighted by atomic mass is 79.9. The molecule has 3 fully saturated rings. The number of fused-ring (bicyclic) bond motifs is 3. The molecule has 3 aliphatic rings. The number of carboxylic acid groups (broad SMARTS) is 2. The summed E-state index contributed by atoms with van der Waals surface area (Å²) in [6.07, 6.45) is 4.70. The Morgan fingerprint density at radius 1 is 1.21 bits per heavy atom. The number of aromatic nitrogens is 2. The van der Waals surface area contributed by atoms with Crippen molar-refractivity contribution in [2.45, 2.75) is 19.3 Å². The number of hydrogen-bond acceptors (Lipinski definition) is 6. The van der Waals surface area contributed by atoms with Crippen molar-refractivity contribution >= 4 is 27.9 Å². The Labute approximate surface area is 176 Å². The molecule has 3 aliphatic heterocycles. The lowest BCUT2D eigenvalue weighted by Gasteiger charge is -2.44. The van der Waals surface area contributed by atoms with E-state index in [9.17, 15) is 9.59 Å². The molecule has 1 aromatic heterocycles. The number of benzene rings is 1. The standard InChI is InChI=1S/C16H18BrN3O.C4H4O4/c17-14-3-1-2-12(8-14)16-18-15(21-19-16)9-13-10-20-6-4-11(13)5-7-20;5-3(6)1-2-4(7)8/h1-3,8,11,13H,4-7,9-10H2;1-2H,(H,5,6)(H,7,8)/b;2-1+. The minimum absolute atomic E-state index is 0.558. The molecule has 29 heavy (non-hydrogen) atoms. The second-order valence-electron chi connectivity index (χ2n) is 7.13. The molecule has 1 atom stereocenters. The van der Waals surface area contributed by atoms with E-state index < -0.39 is 11.9 Å².